The number of pyridine rings is 1. The van der Waals surface area contributed by atoms with Gasteiger partial charge in [0.05, 0.1) is 0 Å². The van der Waals surface area contributed by atoms with Crippen LogP contribution in [0, 0.1) is 5.92 Å². The number of hydrogen-bond acceptors (Lipinski definition) is 5. The first-order valence-corrected chi connectivity index (χ1v) is 8.03. The molecule has 0 aromatic carbocycles. The molecule has 2 amide bonds. The van der Waals surface area contributed by atoms with Gasteiger partial charge in [0.2, 0.25) is 11.8 Å². The molecule has 1 aromatic heterocycles. The van der Waals surface area contributed by atoms with Crippen molar-refractivity contribution >= 4 is 17.6 Å². The van der Waals surface area contributed by atoms with Crippen LogP contribution in [0.2, 0.25) is 0 Å². The van der Waals surface area contributed by atoms with Crippen molar-refractivity contribution in [2.24, 2.45) is 11.7 Å². The molecule has 3 N–H and O–H groups in total. The van der Waals surface area contributed by atoms with E-state index in [0.717, 1.165) is 18.9 Å². The zero-order chi connectivity index (χ0) is 16.7. The van der Waals surface area contributed by atoms with Crippen LogP contribution in [-0.4, -0.2) is 61.0 Å². The van der Waals surface area contributed by atoms with Gasteiger partial charge >= 0.3 is 0 Å². The fourth-order valence-electron chi connectivity index (χ4n) is 2.46. The zero-order valence-electron chi connectivity index (χ0n) is 13.6. The van der Waals surface area contributed by atoms with E-state index in [4.69, 9.17) is 5.73 Å². The molecule has 23 heavy (non-hydrogen) atoms. The minimum atomic E-state index is -0.216. The predicted octanol–water partition coefficient (Wildman–Crippen LogP) is -0.169. The van der Waals surface area contributed by atoms with Crippen LogP contribution in [0.3, 0.4) is 0 Å². The summed E-state index contributed by atoms with van der Waals surface area (Å²) in [6, 6.07) is 5.83. The van der Waals surface area contributed by atoms with Gasteiger partial charge in [-0.1, -0.05) is 13.0 Å². The second-order valence-electron chi connectivity index (χ2n) is 5.73. The summed E-state index contributed by atoms with van der Waals surface area (Å²) in [5.74, 6) is 0.710. The molecule has 0 spiro atoms. The first-order valence-electron chi connectivity index (χ1n) is 8.03. The first kappa shape index (κ1) is 17.2. The topological polar surface area (TPSA) is 91.6 Å². The molecular weight excluding hydrogens is 294 g/mol. The molecular formula is C16H25N5O2. The van der Waals surface area contributed by atoms with Gasteiger partial charge in [-0.05, 0) is 12.1 Å². The maximum atomic E-state index is 12.2. The summed E-state index contributed by atoms with van der Waals surface area (Å²) in [4.78, 5) is 32.1. The van der Waals surface area contributed by atoms with Crippen molar-refractivity contribution in [2.75, 3.05) is 44.2 Å². The molecule has 1 aliphatic heterocycles. The fraction of sp³-hybridized carbons (Fsp3) is 0.562. The average Bonchev–Trinajstić information content (AvgIpc) is 2.61. The zero-order valence-corrected chi connectivity index (χ0v) is 13.6. The normalized spacial score (nSPS) is 16.1. The van der Waals surface area contributed by atoms with Gasteiger partial charge in [-0.15, -0.1) is 0 Å². The van der Waals surface area contributed by atoms with Gasteiger partial charge in [-0.2, -0.15) is 0 Å². The van der Waals surface area contributed by atoms with E-state index >= 15 is 0 Å². The molecule has 2 rings (SSSR count). The maximum absolute atomic E-state index is 12.2. The number of nitrogens with zero attached hydrogens (tertiary/aromatic N) is 3. The van der Waals surface area contributed by atoms with Crippen LogP contribution in [0.5, 0.6) is 0 Å². The van der Waals surface area contributed by atoms with E-state index < -0.39 is 0 Å². The predicted molar refractivity (Wildman–Crippen MR) is 88.9 cm³/mol. The number of anilines is 1. The number of hydrogen-bond donors (Lipinski definition) is 2. The van der Waals surface area contributed by atoms with Gasteiger partial charge in [0.25, 0.3) is 0 Å². The van der Waals surface area contributed by atoms with Crippen LogP contribution in [0.15, 0.2) is 24.4 Å². The Hall–Kier alpha value is -2.15. The van der Waals surface area contributed by atoms with Gasteiger partial charge in [-0.25, -0.2) is 4.98 Å². The lowest BCUT2D eigenvalue weighted by Gasteiger charge is -2.35. The molecule has 0 radical (unpaired) electrons. The number of piperazine rings is 1. The average molecular weight is 319 g/mol. The third kappa shape index (κ3) is 4.92. The summed E-state index contributed by atoms with van der Waals surface area (Å²) in [5, 5.41) is 2.75. The van der Waals surface area contributed by atoms with Crippen molar-refractivity contribution in [2.45, 2.75) is 13.3 Å². The molecule has 7 nitrogen and oxygen atoms in total. The maximum Gasteiger partial charge on any atom is 0.224 e. The highest BCUT2D eigenvalue weighted by atomic mass is 16.2. The Balaban J connectivity index is 1.70. The van der Waals surface area contributed by atoms with Crippen molar-refractivity contribution in [3.05, 3.63) is 24.4 Å². The summed E-state index contributed by atoms with van der Waals surface area (Å²) in [6.45, 7) is 5.37. The van der Waals surface area contributed by atoms with Crippen molar-refractivity contribution in [3.8, 4) is 0 Å². The van der Waals surface area contributed by atoms with Gasteiger partial charge < -0.3 is 20.9 Å². The van der Waals surface area contributed by atoms with E-state index in [1.165, 1.54) is 0 Å². The van der Waals surface area contributed by atoms with E-state index in [1.807, 2.05) is 23.1 Å². The third-order valence-electron chi connectivity index (χ3n) is 4.04. The summed E-state index contributed by atoms with van der Waals surface area (Å²) in [6.07, 6.45) is 2.10. The lowest BCUT2D eigenvalue weighted by molar-refractivity contribution is -0.131. The number of nitrogens with one attached hydrogen (secondary N) is 1. The highest BCUT2D eigenvalue weighted by Crippen LogP contribution is 2.12. The lowest BCUT2D eigenvalue weighted by atomic mass is 10.1. The molecule has 0 aliphatic carbocycles. The number of aromatic nitrogens is 1. The number of nitrogens with two attached hydrogens (primary N) is 1. The minimum Gasteiger partial charge on any atom is -0.355 e. The lowest BCUT2D eigenvalue weighted by Crippen LogP contribution is -2.49. The highest BCUT2D eigenvalue weighted by molar-refractivity contribution is 5.80. The van der Waals surface area contributed by atoms with Crippen molar-refractivity contribution in [1.29, 1.82) is 0 Å². The SMILES string of the molecule is CC(CN)C(=O)NCCC(=O)N1CCN(c2ccccn2)CC1. The molecule has 7 heteroatoms. The smallest absolute Gasteiger partial charge is 0.224 e. The number of carbonyl (C=O) groups is 2. The second-order valence-corrected chi connectivity index (χ2v) is 5.73. The van der Waals surface area contributed by atoms with Crippen LogP contribution in [0.4, 0.5) is 5.82 Å². The van der Waals surface area contributed by atoms with Crippen LogP contribution in [0.25, 0.3) is 0 Å². The molecule has 1 atom stereocenters. The van der Waals surface area contributed by atoms with Gasteiger partial charge in [0, 0.05) is 57.8 Å². The quantitative estimate of drug-likeness (QED) is 0.760. The molecule has 1 unspecified atom stereocenters. The first-order chi connectivity index (χ1) is 11.1. The van der Waals surface area contributed by atoms with E-state index in [2.05, 4.69) is 15.2 Å². The molecule has 0 saturated carbocycles. The Morgan fingerprint density at radius 2 is 2.04 bits per heavy atom. The van der Waals surface area contributed by atoms with Crippen LogP contribution in [-0.2, 0) is 9.59 Å². The molecule has 1 saturated heterocycles. The Labute approximate surface area is 136 Å². The van der Waals surface area contributed by atoms with Crippen molar-refractivity contribution in [1.82, 2.24) is 15.2 Å². The van der Waals surface area contributed by atoms with Crippen molar-refractivity contribution < 1.29 is 9.59 Å². The van der Waals surface area contributed by atoms with Gasteiger partial charge in [-0.3, -0.25) is 9.59 Å². The summed E-state index contributed by atoms with van der Waals surface area (Å²) >= 11 is 0. The molecule has 126 valence electrons. The largest absolute Gasteiger partial charge is 0.355 e. The summed E-state index contributed by atoms with van der Waals surface area (Å²) in [5.41, 5.74) is 5.44. The molecule has 1 aliphatic rings. The van der Waals surface area contributed by atoms with Crippen LogP contribution in [0.1, 0.15) is 13.3 Å². The number of carbonyl (C=O) groups excluding carboxylic acids is 2. The minimum absolute atomic E-state index is 0.0753. The van der Waals surface area contributed by atoms with Crippen LogP contribution >= 0.6 is 0 Å². The Morgan fingerprint density at radius 3 is 2.65 bits per heavy atom. The Morgan fingerprint density at radius 1 is 1.30 bits per heavy atom. The molecule has 1 aromatic rings. The second kappa shape index (κ2) is 8.47. The monoisotopic (exact) mass is 319 g/mol. The molecule has 0 bridgehead atoms. The van der Waals surface area contributed by atoms with E-state index in [-0.39, 0.29) is 17.7 Å². The molecule has 2 heterocycles. The number of rotatable bonds is 6. The van der Waals surface area contributed by atoms with E-state index in [0.29, 0.717) is 32.6 Å². The van der Waals surface area contributed by atoms with E-state index in [1.54, 1.807) is 13.1 Å². The third-order valence-corrected chi connectivity index (χ3v) is 4.04. The Bertz CT molecular complexity index is 514. The van der Waals surface area contributed by atoms with Crippen LogP contribution < -0.4 is 16.0 Å². The van der Waals surface area contributed by atoms with Gasteiger partial charge in [0.15, 0.2) is 0 Å². The summed E-state index contributed by atoms with van der Waals surface area (Å²) < 4.78 is 0. The fourth-order valence-corrected chi connectivity index (χ4v) is 2.46. The van der Waals surface area contributed by atoms with Gasteiger partial charge in [0.1, 0.15) is 5.82 Å². The van der Waals surface area contributed by atoms with Crippen molar-refractivity contribution in [3.63, 3.8) is 0 Å². The summed E-state index contributed by atoms with van der Waals surface area (Å²) in [7, 11) is 0. The standard InChI is InChI=1S/C16H25N5O2/c1-13(12-17)16(23)19-7-5-15(22)21-10-8-20(9-11-21)14-4-2-3-6-18-14/h2-4,6,13H,5,7-12,17H2,1H3,(H,19,23). The highest BCUT2D eigenvalue weighted by Gasteiger charge is 2.21. The Kier molecular flexibility index (Phi) is 6.34. The number of amides is 2. The molecule has 1 fully saturated rings. The van der Waals surface area contributed by atoms with E-state index in [9.17, 15) is 9.59 Å².